The molecule has 1 aromatic heterocycles. The molecule has 1 aliphatic heterocycles. The number of aryl methyl sites for hydroxylation is 1. The number of benzene rings is 1. The smallest absolute Gasteiger partial charge is 0.337 e. The highest BCUT2D eigenvalue weighted by atomic mass is 16.5. The molecular weight excluding hydrogens is 348 g/mol. The fourth-order valence-electron chi connectivity index (χ4n) is 3.34. The first kappa shape index (κ1) is 18.9. The number of likely N-dealkylation sites (tertiary alicyclic amines) is 1. The van der Waals surface area contributed by atoms with Crippen LogP contribution in [0.5, 0.6) is 0 Å². The molecule has 2 heterocycles. The number of urea groups is 1. The van der Waals surface area contributed by atoms with Gasteiger partial charge >= 0.3 is 12.0 Å². The molecule has 0 saturated carbocycles. The third-order valence-corrected chi connectivity index (χ3v) is 4.93. The number of carbonyl (C=O) groups excluding carboxylic acids is 2. The number of piperidine rings is 1. The molecule has 0 aliphatic carbocycles. The highest BCUT2D eigenvalue weighted by Crippen LogP contribution is 2.30. The topological polar surface area (TPSA) is 96.7 Å². The van der Waals surface area contributed by atoms with Crippen molar-refractivity contribution in [2.45, 2.75) is 18.9 Å². The average molecular weight is 372 g/mol. The molecule has 1 aromatic carbocycles. The Morgan fingerprint density at radius 3 is 2.70 bits per heavy atom. The molecule has 8 nitrogen and oxygen atoms in total. The summed E-state index contributed by atoms with van der Waals surface area (Å²) in [5.41, 5.74) is 0.922. The first-order chi connectivity index (χ1) is 13.0. The Morgan fingerprint density at radius 2 is 2.07 bits per heavy atom. The van der Waals surface area contributed by atoms with Gasteiger partial charge in [-0.05, 0) is 37.0 Å². The number of methoxy groups -OCH3 is 1. The number of amides is 2. The minimum absolute atomic E-state index is 0.0674. The zero-order chi connectivity index (χ0) is 19.4. The molecular formula is C19H24N4O4. The zero-order valence-corrected chi connectivity index (χ0v) is 15.5. The van der Waals surface area contributed by atoms with E-state index in [1.807, 2.05) is 17.8 Å². The van der Waals surface area contributed by atoms with Crippen LogP contribution >= 0.6 is 0 Å². The van der Waals surface area contributed by atoms with E-state index >= 15 is 0 Å². The normalized spacial score (nSPS) is 16.0. The van der Waals surface area contributed by atoms with Crippen LogP contribution in [0.15, 0.2) is 36.7 Å². The number of imidazole rings is 1. The van der Waals surface area contributed by atoms with Gasteiger partial charge in [-0.1, -0.05) is 6.07 Å². The van der Waals surface area contributed by atoms with Gasteiger partial charge in [0, 0.05) is 38.2 Å². The van der Waals surface area contributed by atoms with Crippen LogP contribution in [-0.2, 0) is 11.8 Å². The summed E-state index contributed by atoms with van der Waals surface area (Å²) in [6, 6.07) is 6.41. The van der Waals surface area contributed by atoms with Crippen molar-refractivity contribution >= 4 is 17.7 Å². The van der Waals surface area contributed by atoms with Crippen molar-refractivity contribution in [1.82, 2.24) is 14.5 Å². The Labute approximate surface area is 157 Å². The lowest BCUT2D eigenvalue weighted by molar-refractivity contribution is 0.0600. The van der Waals surface area contributed by atoms with E-state index in [-0.39, 0.29) is 11.9 Å². The van der Waals surface area contributed by atoms with Crippen molar-refractivity contribution in [2.24, 2.45) is 13.0 Å². The van der Waals surface area contributed by atoms with Crippen LogP contribution < -0.4 is 5.32 Å². The number of rotatable bonds is 4. The highest BCUT2D eigenvalue weighted by Gasteiger charge is 2.30. The Bertz CT molecular complexity index is 812. The minimum Gasteiger partial charge on any atom is -0.465 e. The fourth-order valence-corrected chi connectivity index (χ4v) is 3.34. The molecule has 144 valence electrons. The molecule has 2 aromatic rings. The van der Waals surface area contributed by atoms with Crippen molar-refractivity contribution in [3.63, 3.8) is 0 Å². The van der Waals surface area contributed by atoms with Crippen molar-refractivity contribution < 1.29 is 19.4 Å². The molecule has 0 bridgehead atoms. The Balaban J connectivity index is 1.56. The molecule has 1 fully saturated rings. The monoisotopic (exact) mass is 372 g/mol. The van der Waals surface area contributed by atoms with Gasteiger partial charge in [-0.3, -0.25) is 0 Å². The van der Waals surface area contributed by atoms with Gasteiger partial charge in [-0.15, -0.1) is 0 Å². The molecule has 2 N–H and O–H groups in total. The lowest BCUT2D eigenvalue weighted by Gasteiger charge is -2.34. The molecule has 3 rings (SSSR count). The maximum atomic E-state index is 12.5. The van der Waals surface area contributed by atoms with Crippen LogP contribution in [0, 0.1) is 5.92 Å². The van der Waals surface area contributed by atoms with E-state index in [1.54, 1.807) is 35.4 Å². The second kappa shape index (κ2) is 8.22. The van der Waals surface area contributed by atoms with Crippen LogP contribution in [0.25, 0.3) is 0 Å². The number of nitrogens with one attached hydrogen (secondary N) is 1. The van der Waals surface area contributed by atoms with Crippen molar-refractivity contribution in [3.8, 4) is 0 Å². The number of ether oxygens (including phenoxy) is 1. The summed E-state index contributed by atoms with van der Waals surface area (Å²) in [6.45, 7) is 1.10. The number of hydrogen-bond acceptors (Lipinski definition) is 5. The summed E-state index contributed by atoms with van der Waals surface area (Å²) in [6.07, 6.45) is 4.24. The maximum Gasteiger partial charge on any atom is 0.337 e. The van der Waals surface area contributed by atoms with Gasteiger partial charge in [0.25, 0.3) is 0 Å². The molecule has 8 heteroatoms. The van der Waals surface area contributed by atoms with E-state index in [4.69, 9.17) is 4.74 Å². The summed E-state index contributed by atoms with van der Waals surface area (Å²) >= 11 is 0. The van der Waals surface area contributed by atoms with Gasteiger partial charge in [0.1, 0.15) is 11.9 Å². The van der Waals surface area contributed by atoms with Gasteiger partial charge < -0.3 is 24.6 Å². The number of aromatic nitrogens is 2. The van der Waals surface area contributed by atoms with Gasteiger partial charge in [-0.2, -0.15) is 0 Å². The van der Waals surface area contributed by atoms with Crippen LogP contribution in [-0.4, -0.2) is 51.8 Å². The lowest BCUT2D eigenvalue weighted by Crippen LogP contribution is -2.42. The first-order valence-corrected chi connectivity index (χ1v) is 8.89. The van der Waals surface area contributed by atoms with Crippen molar-refractivity contribution in [3.05, 3.63) is 48.0 Å². The third kappa shape index (κ3) is 4.28. The first-order valence-electron chi connectivity index (χ1n) is 8.89. The zero-order valence-electron chi connectivity index (χ0n) is 15.5. The fraction of sp³-hybridized carbons (Fsp3) is 0.421. The summed E-state index contributed by atoms with van der Waals surface area (Å²) < 4.78 is 6.51. The van der Waals surface area contributed by atoms with E-state index in [9.17, 15) is 14.7 Å². The number of aliphatic hydroxyl groups excluding tert-OH is 1. The number of nitrogens with zero attached hydrogens (tertiary/aromatic N) is 3. The van der Waals surface area contributed by atoms with E-state index < -0.39 is 12.1 Å². The minimum atomic E-state index is -0.632. The summed E-state index contributed by atoms with van der Waals surface area (Å²) in [7, 11) is 3.17. The van der Waals surface area contributed by atoms with Gasteiger partial charge in [-0.25, -0.2) is 14.6 Å². The molecule has 0 radical (unpaired) electrons. The van der Waals surface area contributed by atoms with E-state index in [0.717, 1.165) is 0 Å². The summed E-state index contributed by atoms with van der Waals surface area (Å²) in [5.74, 6) is 0.269. The predicted octanol–water partition coefficient (Wildman–Crippen LogP) is 2.18. The number of aliphatic hydroxyl groups is 1. The molecule has 27 heavy (non-hydrogen) atoms. The predicted molar refractivity (Wildman–Crippen MR) is 99.3 cm³/mol. The van der Waals surface area contributed by atoms with E-state index in [0.29, 0.717) is 43.0 Å². The average Bonchev–Trinajstić information content (AvgIpc) is 3.13. The molecule has 1 atom stereocenters. The Kier molecular flexibility index (Phi) is 5.75. The number of carbonyl (C=O) groups is 2. The van der Waals surface area contributed by atoms with E-state index in [1.165, 1.54) is 7.11 Å². The standard InChI is InChI=1S/C19H24N4O4/c1-22-11-8-20-17(22)16(24)13-6-9-23(10-7-13)19(26)21-15-5-3-4-14(12-15)18(25)27-2/h3-5,8,11-13,16,24H,6-7,9-10H2,1-2H3,(H,21,26)/t16-/m1/s1. The largest absolute Gasteiger partial charge is 0.465 e. The number of anilines is 1. The van der Waals surface area contributed by atoms with E-state index in [2.05, 4.69) is 10.3 Å². The third-order valence-electron chi connectivity index (χ3n) is 4.93. The highest BCUT2D eigenvalue weighted by molar-refractivity contribution is 5.93. The van der Waals surface area contributed by atoms with Gasteiger partial charge in [0.15, 0.2) is 0 Å². The maximum absolute atomic E-state index is 12.5. The molecule has 2 amide bonds. The van der Waals surface area contributed by atoms with Crippen LogP contribution in [0.2, 0.25) is 0 Å². The van der Waals surface area contributed by atoms with Crippen molar-refractivity contribution in [1.29, 1.82) is 0 Å². The number of esters is 1. The van der Waals surface area contributed by atoms with Gasteiger partial charge in [0.05, 0.1) is 12.7 Å². The Morgan fingerprint density at radius 1 is 1.33 bits per heavy atom. The van der Waals surface area contributed by atoms with Gasteiger partial charge in [0.2, 0.25) is 0 Å². The number of hydrogen-bond donors (Lipinski definition) is 2. The molecule has 1 saturated heterocycles. The Hall–Kier alpha value is -2.87. The summed E-state index contributed by atoms with van der Waals surface area (Å²) in [5, 5.41) is 13.3. The SMILES string of the molecule is COC(=O)c1cccc(NC(=O)N2CCC([C@@H](O)c3nccn3C)CC2)c1. The van der Waals surface area contributed by atoms with Crippen LogP contribution in [0.1, 0.15) is 35.1 Å². The second-order valence-electron chi connectivity index (χ2n) is 6.67. The molecule has 0 unspecified atom stereocenters. The van der Waals surface area contributed by atoms with Crippen molar-refractivity contribution in [2.75, 3.05) is 25.5 Å². The second-order valence-corrected chi connectivity index (χ2v) is 6.67. The molecule has 0 spiro atoms. The van der Waals surface area contributed by atoms with Crippen LogP contribution in [0.4, 0.5) is 10.5 Å². The lowest BCUT2D eigenvalue weighted by atomic mass is 9.91. The van der Waals surface area contributed by atoms with Crippen LogP contribution in [0.3, 0.4) is 0 Å². The molecule has 1 aliphatic rings. The quantitative estimate of drug-likeness (QED) is 0.802. The summed E-state index contributed by atoms with van der Waals surface area (Å²) in [4.78, 5) is 30.0.